The van der Waals surface area contributed by atoms with Crippen LogP contribution in [-0.2, 0) is 14.3 Å². The summed E-state index contributed by atoms with van der Waals surface area (Å²) in [5.41, 5.74) is 0. The van der Waals surface area contributed by atoms with Crippen molar-refractivity contribution in [2.75, 3.05) is 0 Å². The second-order valence-corrected chi connectivity index (χ2v) is 11.4. The van der Waals surface area contributed by atoms with Gasteiger partial charge in [-0.2, -0.15) is 0 Å². The van der Waals surface area contributed by atoms with Gasteiger partial charge in [-0.3, -0.25) is 9.59 Å². The highest BCUT2D eigenvalue weighted by Gasteiger charge is 2.14. The van der Waals surface area contributed by atoms with Crippen LogP contribution in [0.2, 0.25) is 0 Å². The van der Waals surface area contributed by atoms with Crippen LogP contribution >= 0.6 is 0 Å². The minimum atomic E-state index is -0.678. The molecule has 0 heterocycles. The maximum Gasteiger partial charge on any atom is 0.306 e. The number of carbonyl (C=O) groups is 2. The maximum atomic E-state index is 12.4. The molecular weight excluding hydrogens is 460 g/mol. The van der Waals surface area contributed by atoms with Crippen LogP contribution in [0.3, 0.4) is 0 Å². The molecule has 1 unspecified atom stereocenters. The highest BCUT2D eigenvalue weighted by atomic mass is 16.5. The average Bonchev–Trinajstić information content (AvgIpc) is 2.87. The molecule has 220 valence electrons. The van der Waals surface area contributed by atoms with Crippen molar-refractivity contribution in [3.63, 3.8) is 0 Å². The third-order valence-corrected chi connectivity index (χ3v) is 7.58. The summed E-state index contributed by atoms with van der Waals surface area (Å²) in [5, 5.41) is 8.67. The Labute approximate surface area is 231 Å². The molecule has 0 aliphatic heterocycles. The van der Waals surface area contributed by atoms with Gasteiger partial charge in [-0.25, -0.2) is 0 Å². The molecule has 0 bridgehead atoms. The lowest BCUT2D eigenvalue weighted by Gasteiger charge is -2.18. The number of ether oxygens (including phenoxy) is 1. The molecule has 1 N–H and O–H groups in total. The number of carboxylic acid groups (broad SMARTS) is 1. The molecule has 0 amide bonds. The molecule has 0 saturated heterocycles. The Morgan fingerprint density at radius 3 is 1.24 bits per heavy atom. The summed E-state index contributed by atoms with van der Waals surface area (Å²) >= 11 is 0. The van der Waals surface area contributed by atoms with Crippen molar-refractivity contribution in [1.82, 2.24) is 0 Å². The van der Waals surface area contributed by atoms with Crippen LogP contribution in [0.1, 0.15) is 194 Å². The molecule has 0 rings (SSSR count). The van der Waals surface area contributed by atoms with Gasteiger partial charge >= 0.3 is 11.9 Å². The highest BCUT2D eigenvalue weighted by Crippen LogP contribution is 2.18. The van der Waals surface area contributed by atoms with E-state index in [-0.39, 0.29) is 12.1 Å². The summed E-state index contributed by atoms with van der Waals surface area (Å²) in [4.78, 5) is 23.0. The minimum Gasteiger partial charge on any atom is -0.481 e. The summed E-state index contributed by atoms with van der Waals surface area (Å²) in [6.45, 7) is 4.50. The van der Waals surface area contributed by atoms with Gasteiger partial charge in [0.25, 0.3) is 0 Å². The molecule has 0 aliphatic rings. The second-order valence-electron chi connectivity index (χ2n) is 11.4. The predicted octanol–water partition coefficient (Wildman–Crippen LogP) is 10.9. The van der Waals surface area contributed by atoms with E-state index in [4.69, 9.17) is 9.84 Å². The zero-order chi connectivity index (χ0) is 27.2. The van der Waals surface area contributed by atoms with E-state index in [1.165, 1.54) is 109 Å². The van der Waals surface area contributed by atoms with Gasteiger partial charge in [0, 0.05) is 12.8 Å². The van der Waals surface area contributed by atoms with E-state index in [0.717, 1.165) is 57.8 Å². The van der Waals surface area contributed by atoms with E-state index in [1.54, 1.807) is 0 Å². The van der Waals surface area contributed by atoms with Crippen molar-refractivity contribution in [1.29, 1.82) is 0 Å². The van der Waals surface area contributed by atoms with Crippen LogP contribution in [0, 0.1) is 0 Å². The van der Waals surface area contributed by atoms with Crippen LogP contribution in [-0.4, -0.2) is 23.1 Å². The molecule has 4 nitrogen and oxygen atoms in total. The third-order valence-electron chi connectivity index (χ3n) is 7.58. The molecule has 0 aliphatic carbocycles. The van der Waals surface area contributed by atoms with Gasteiger partial charge < -0.3 is 9.84 Å². The Hall–Kier alpha value is -1.06. The number of esters is 1. The number of rotatable bonds is 30. The van der Waals surface area contributed by atoms with Crippen molar-refractivity contribution >= 4 is 11.9 Å². The SMILES string of the molecule is CCCCCCCCCCCCCCC(=O)OC(CCCCC)CCCCCCCCCCCC(=O)O. The predicted molar refractivity (Wildman–Crippen MR) is 158 cm³/mol. The number of hydrogen-bond acceptors (Lipinski definition) is 3. The molecule has 37 heavy (non-hydrogen) atoms. The van der Waals surface area contributed by atoms with Gasteiger partial charge in [0.05, 0.1) is 0 Å². The minimum absolute atomic E-state index is 0.0245. The molecule has 0 aromatic carbocycles. The number of carbonyl (C=O) groups excluding carboxylic acids is 1. The van der Waals surface area contributed by atoms with Crippen molar-refractivity contribution in [2.24, 2.45) is 0 Å². The molecule has 0 spiro atoms. The zero-order valence-electron chi connectivity index (χ0n) is 25.0. The van der Waals surface area contributed by atoms with Gasteiger partial charge in [0.2, 0.25) is 0 Å². The smallest absolute Gasteiger partial charge is 0.306 e. The standard InChI is InChI=1S/C33H64O4/c1-3-5-7-8-9-10-11-12-16-19-22-26-30-33(36)37-31(27-23-6-4-2)28-24-20-17-14-13-15-18-21-25-29-32(34)35/h31H,3-30H2,1-2H3,(H,34,35). The molecule has 0 aromatic rings. The Morgan fingerprint density at radius 2 is 0.811 bits per heavy atom. The molecule has 1 atom stereocenters. The van der Waals surface area contributed by atoms with Crippen LogP contribution in [0.25, 0.3) is 0 Å². The van der Waals surface area contributed by atoms with E-state index in [0.29, 0.717) is 12.8 Å². The van der Waals surface area contributed by atoms with Crippen LogP contribution in [0.4, 0.5) is 0 Å². The third kappa shape index (κ3) is 29.4. The molecule has 0 radical (unpaired) electrons. The first-order chi connectivity index (χ1) is 18.1. The summed E-state index contributed by atoms with van der Waals surface area (Å²) in [5.74, 6) is -0.653. The van der Waals surface area contributed by atoms with E-state index in [1.807, 2.05) is 0 Å². The Bertz CT molecular complexity index is 491. The molecule has 4 heteroatoms. The lowest BCUT2D eigenvalue weighted by molar-refractivity contribution is -0.150. The topological polar surface area (TPSA) is 63.6 Å². The fraction of sp³-hybridized carbons (Fsp3) is 0.939. The number of hydrogen-bond donors (Lipinski definition) is 1. The van der Waals surface area contributed by atoms with Gasteiger partial charge in [0.1, 0.15) is 6.10 Å². The fourth-order valence-corrected chi connectivity index (χ4v) is 5.13. The number of unbranched alkanes of at least 4 members (excludes halogenated alkanes) is 21. The first-order valence-electron chi connectivity index (χ1n) is 16.5. The van der Waals surface area contributed by atoms with Crippen molar-refractivity contribution in [3.8, 4) is 0 Å². The van der Waals surface area contributed by atoms with Gasteiger partial charge in [-0.1, -0.05) is 142 Å². The first-order valence-corrected chi connectivity index (χ1v) is 16.5. The second kappa shape index (κ2) is 29.5. The van der Waals surface area contributed by atoms with Crippen LogP contribution < -0.4 is 0 Å². The Morgan fingerprint density at radius 1 is 0.486 bits per heavy atom. The number of carboxylic acids is 1. The van der Waals surface area contributed by atoms with Crippen molar-refractivity contribution in [2.45, 2.75) is 200 Å². The lowest BCUT2D eigenvalue weighted by atomic mass is 10.0. The van der Waals surface area contributed by atoms with Gasteiger partial charge in [-0.05, 0) is 38.5 Å². The largest absolute Gasteiger partial charge is 0.481 e. The van der Waals surface area contributed by atoms with Crippen molar-refractivity contribution in [3.05, 3.63) is 0 Å². The monoisotopic (exact) mass is 524 g/mol. The fourth-order valence-electron chi connectivity index (χ4n) is 5.13. The van der Waals surface area contributed by atoms with E-state index >= 15 is 0 Å². The van der Waals surface area contributed by atoms with Crippen LogP contribution in [0.15, 0.2) is 0 Å². The van der Waals surface area contributed by atoms with Gasteiger partial charge in [0.15, 0.2) is 0 Å². The summed E-state index contributed by atoms with van der Waals surface area (Å²) in [6, 6.07) is 0. The van der Waals surface area contributed by atoms with Crippen LogP contribution in [0.5, 0.6) is 0 Å². The molecule has 0 fully saturated rings. The normalized spacial score (nSPS) is 12.1. The van der Waals surface area contributed by atoms with E-state index < -0.39 is 5.97 Å². The molecule has 0 saturated carbocycles. The van der Waals surface area contributed by atoms with E-state index in [2.05, 4.69) is 13.8 Å². The average molecular weight is 525 g/mol. The summed E-state index contributed by atoms with van der Waals surface area (Å²) in [7, 11) is 0. The molecular formula is C33H64O4. The highest BCUT2D eigenvalue weighted by molar-refractivity contribution is 5.69. The molecule has 0 aromatic heterocycles. The number of aliphatic carboxylic acids is 1. The quantitative estimate of drug-likeness (QED) is 0.0749. The summed E-state index contributed by atoms with van der Waals surface area (Å²) in [6.07, 6.45) is 32.8. The van der Waals surface area contributed by atoms with E-state index in [9.17, 15) is 9.59 Å². The Balaban J connectivity index is 3.75. The summed E-state index contributed by atoms with van der Waals surface area (Å²) < 4.78 is 5.92. The van der Waals surface area contributed by atoms with Crippen molar-refractivity contribution < 1.29 is 19.4 Å². The maximum absolute atomic E-state index is 12.4. The lowest BCUT2D eigenvalue weighted by Crippen LogP contribution is -2.18. The first kappa shape index (κ1) is 35.9. The Kier molecular flexibility index (Phi) is 28.7. The zero-order valence-corrected chi connectivity index (χ0v) is 25.0. The van der Waals surface area contributed by atoms with Gasteiger partial charge in [-0.15, -0.1) is 0 Å².